The zero-order valence-corrected chi connectivity index (χ0v) is 20.2. The van der Waals surface area contributed by atoms with Crippen molar-refractivity contribution in [3.05, 3.63) is 60.3 Å². The Hall–Kier alpha value is -3.69. The summed E-state index contributed by atoms with van der Waals surface area (Å²) >= 11 is 0. The molecule has 2 aromatic carbocycles. The highest BCUT2D eigenvalue weighted by Crippen LogP contribution is 2.32. The number of hydrogen-bond donors (Lipinski definition) is 5. The molecule has 2 fully saturated rings. The molecule has 5 rings (SSSR count). The summed E-state index contributed by atoms with van der Waals surface area (Å²) in [4.78, 5) is 24.2. The van der Waals surface area contributed by atoms with Crippen molar-refractivity contribution in [1.82, 2.24) is 9.97 Å². The number of nitrogens with one attached hydrogen (secondary N) is 2. The number of primary amides is 1. The largest absolute Gasteiger partial charge is 0.393 e. The highest BCUT2D eigenvalue weighted by atomic mass is 16.3. The third kappa shape index (κ3) is 5.42. The van der Waals surface area contributed by atoms with E-state index in [-0.39, 0.29) is 23.9 Å². The normalized spacial score (nSPS) is 20.3. The Balaban J connectivity index is 1.45. The summed E-state index contributed by atoms with van der Waals surface area (Å²) in [5, 5.41) is 16.7. The molecule has 0 spiro atoms. The quantitative estimate of drug-likeness (QED) is 0.342. The van der Waals surface area contributed by atoms with E-state index in [1.54, 1.807) is 0 Å². The molecular formula is C27H33N7O2. The van der Waals surface area contributed by atoms with Crippen molar-refractivity contribution in [3.63, 3.8) is 0 Å². The van der Waals surface area contributed by atoms with Gasteiger partial charge in [0, 0.05) is 42.1 Å². The first-order chi connectivity index (χ1) is 17.5. The Morgan fingerprint density at radius 3 is 2.31 bits per heavy atom. The number of nitrogens with zero attached hydrogens (tertiary/aromatic N) is 3. The van der Waals surface area contributed by atoms with Gasteiger partial charge < -0.3 is 32.1 Å². The number of carbonyl (C=O) groups is 1. The number of piperidine rings is 1. The van der Waals surface area contributed by atoms with Crippen molar-refractivity contribution in [2.45, 2.75) is 50.3 Å². The number of carbonyl (C=O) groups excluding carboxylic acids is 1. The Kier molecular flexibility index (Phi) is 7.02. The average Bonchev–Trinajstić information content (AvgIpc) is 3.30. The van der Waals surface area contributed by atoms with Crippen LogP contribution in [-0.2, 0) is 0 Å². The lowest BCUT2D eigenvalue weighted by Gasteiger charge is -2.32. The highest BCUT2D eigenvalue weighted by molar-refractivity contribution is 5.97. The van der Waals surface area contributed by atoms with E-state index >= 15 is 0 Å². The lowest BCUT2D eigenvalue weighted by molar-refractivity contribution is 0.0996. The van der Waals surface area contributed by atoms with Crippen molar-refractivity contribution >= 4 is 28.9 Å². The van der Waals surface area contributed by atoms with E-state index in [0.717, 1.165) is 55.7 Å². The van der Waals surface area contributed by atoms with Gasteiger partial charge in [0.2, 0.25) is 0 Å². The van der Waals surface area contributed by atoms with Crippen LogP contribution in [0.1, 0.15) is 42.6 Å². The predicted octanol–water partition coefficient (Wildman–Crippen LogP) is 3.24. The zero-order chi connectivity index (χ0) is 25.1. The summed E-state index contributed by atoms with van der Waals surface area (Å²) in [6, 6.07) is 18.0. The number of aliphatic hydroxyl groups is 1. The topological polar surface area (TPSA) is 142 Å². The second kappa shape index (κ2) is 10.5. The van der Waals surface area contributed by atoms with Crippen LogP contribution in [0.25, 0.3) is 11.3 Å². The standard InChI is InChI=1S/C27H33N7O2/c28-18-12-14-34(15-13-18)21-9-6-19(7-10-21)30-27-24(25(29)36)32-23(17-4-2-1-3-5-17)26(33-27)31-20-8-11-22(35)16-20/h1-7,9-10,18,20,22,35H,8,11-16,28H2,(H2,29,36)(H2,30,31,33)/t20-,22+/m0/s1. The van der Waals surface area contributed by atoms with Crippen molar-refractivity contribution in [3.8, 4) is 11.3 Å². The summed E-state index contributed by atoms with van der Waals surface area (Å²) in [5.41, 5.74) is 15.1. The fourth-order valence-electron chi connectivity index (χ4n) is 4.92. The van der Waals surface area contributed by atoms with Gasteiger partial charge in [-0.2, -0.15) is 0 Å². The van der Waals surface area contributed by atoms with Gasteiger partial charge in [0.25, 0.3) is 5.91 Å². The summed E-state index contributed by atoms with van der Waals surface area (Å²) in [7, 11) is 0. The van der Waals surface area contributed by atoms with Crippen LogP contribution in [0, 0.1) is 0 Å². The minimum Gasteiger partial charge on any atom is -0.393 e. The van der Waals surface area contributed by atoms with Crippen LogP contribution in [0.5, 0.6) is 0 Å². The van der Waals surface area contributed by atoms with E-state index in [4.69, 9.17) is 16.5 Å². The van der Waals surface area contributed by atoms with Crippen LogP contribution < -0.4 is 27.0 Å². The monoisotopic (exact) mass is 487 g/mol. The maximum absolute atomic E-state index is 12.4. The van der Waals surface area contributed by atoms with E-state index in [0.29, 0.717) is 23.8 Å². The lowest BCUT2D eigenvalue weighted by atomic mass is 10.1. The van der Waals surface area contributed by atoms with E-state index in [1.807, 2.05) is 54.6 Å². The number of anilines is 4. The predicted molar refractivity (Wildman–Crippen MR) is 142 cm³/mol. The molecule has 2 aliphatic rings. The van der Waals surface area contributed by atoms with Crippen LogP contribution in [0.4, 0.5) is 23.0 Å². The summed E-state index contributed by atoms with van der Waals surface area (Å²) in [5.74, 6) is 0.181. The fourth-order valence-corrected chi connectivity index (χ4v) is 4.92. The number of aromatic nitrogens is 2. The third-order valence-corrected chi connectivity index (χ3v) is 6.96. The van der Waals surface area contributed by atoms with Gasteiger partial charge in [-0.1, -0.05) is 30.3 Å². The molecular weight excluding hydrogens is 454 g/mol. The summed E-state index contributed by atoms with van der Waals surface area (Å²) in [6.07, 6.45) is 3.86. The molecule has 36 heavy (non-hydrogen) atoms. The molecule has 1 saturated carbocycles. The minimum absolute atomic E-state index is 0.0694. The maximum atomic E-state index is 12.4. The van der Waals surface area contributed by atoms with Crippen molar-refractivity contribution in [2.75, 3.05) is 28.6 Å². The van der Waals surface area contributed by atoms with E-state index < -0.39 is 5.91 Å². The highest BCUT2D eigenvalue weighted by Gasteiger charge is 2.26. The van der Waals surface area contributed by atoms with Gasteiger partial charge in [-0.3, -0.25) is 4.79 Å². The molecule has 7 N–H and O–H groups in total. The first-order valence-corrected chi connectivity index (χ1v) is 12.6. The van der Waals surface area contributed by atoms with Gasteiger partial charge in [0.1, 0.15) is 5.69 Å². The molecule has 2 atom stereocenters. The van der Waals surface area contributed by atoms with Crippen molar-refractivity contribution < 1.29 is 9.90 Å². The number of rotatable bonds is 7. The Bertz CT molecular complexity index is 1190. The first-order valence-electron chi connectivity index (χ1n) is 12.6. The molecule has 188 valence electrons. The smallest absolute Gasteiger partial charge is 0.271 e. The molecule has 3 aromatic rings. The van der Waals surface area contributed by atoms with Gasteiger partial charge in [0.05, 0.1) is 6.10 Å². The second-order valence-electron chi connectivity index (χ2n) is 9.65. The van der Waals surface area contributed by atoms with Gasteiger partial charge in [-0.05, 0) is 56.4 Å². The molecule has 1 aliphatic heterocycles. The number of nitrogens with two attached hydrogens (primary N) is 2. The van der Waals surface area contributed by atoms with E-state index in [9.17, 15) is 9.90 Å². The number of aliphatic hydroxyl groups excluding tert-OH is 1. The molecule has 1 aromatic heterocycles. The van der Waals surface area contributed by atoms with Gasteiger partial charge in [-0.25, -0.2) is 9.97 Å². The van der Waals surface area contributed by atoms with Crippen LogP contribution in [0.2, 0.25) is 0 Å². The minimum atomic E-state index is -0.661. The number of benzene rings is 2. The van der Waals surface area contributed by atoms with Crippen LogP contribution in [0.3, 0.4) is 0 Å². The summed E-state index contributed by atoms with van der Waals surface area (Å²) < 4.78 is 0. The zero-order valence-electron chi connectivity index (χ0n) is 20.2. The summed E-state index contributed by atoms with van der Waals surface area (Å²) in [6.45, 7) is 1.88. The molecule has 1 saturated heterocycles. The number of amides is 1. The third-order valence-electron chi connectivity index (χ3n) is 6.96. The molecule has 0 unspecified atom stereocenters. The number of hydrogen-bond acceptors (Lipinski definition) is 8. The molecule has 0 bridgehead atoms. The molecule has 9 nitrogen and oxygen atoms in total. The second-order valence-corrected chi connectivity index (χ2v) is 9.65. The molecule has 1 amide bonds. The average molecular weight is 488 g/mol. The first kappa shape index (κ1) is 24.0. The van der Waals surface area contributed by atoms with Crippen LogP contribution in [0.15, 0.2) is 54.6 Å². The van der Waals surface area contributed by atoms with Crippen LogP contribution >= 0.6 is 0 Å². The van der Waals surface area contributed by atoms with E-state index in [2.05, 4.69) is 20.5 Å². The van der Waals surface area contributed by atoms with Crippen molar-refractivity contribution in [1.29, 1.82) is 0 Å². The Morgan fingerprint density at radius 1 is 0.944 bits per heavy atom. The lowest BCUT2D eigenvalue weighted by Crippen LogP contribution is -2.39. The SMILES string of the molecule is NC(=O)c1nc(-c2ccccc2)c(N[C@H]2CC[C@@H](O)C2)nc1Nc1ccc(N2CCC(N)CC2)cc1. The molecule has 0 radical (unpaired) electrons. The molecule has 2 heterocycles. The van der Waals surface area contributed by atoms with Gasteiger partial charge in [-0.15, -0.1) is 0 Å². The fraction of sp³-hybridized carbons (Fsp3) is 0.370. The van der Waals surface area contributed by atoms with Gasteiger partial charge >= 0.3 is 0 Å². The molecule has 9 heteroatoms. The Labute approximate surface area is 210 Å². The Morgan fingerprint density at radius 2 is 1.67 bits per heavy atom. The van der Waals surface area contributed by atoms with Crippen molar-refractivity contribution in [2.24, 2.45) is 11.5 Å². The van der Waals surface area contributed by atoms with Crippen LogP contribution in [-0.4, -0.2) is 52.3 Å². The molecule has 1 aliphatic carbocycles. The van der Waals surface area contributed by atoms with E-state index in [1.165, 1.54) is 0 Å². The maximum Gasteiger partial charge on any atom is 0.271 e. The van der Waals surface area contributed by atoms with Gasteiger partial charge in [0.15, 0.2) is 17.3 Å².